The van der Waals surface area contributed by atoms with E-state index in [0.717, 1.165) is 17.7 Å². The van der Waals surface area contributed by atoms with Crippen LogP contribution in [-0.4, -0.2) is 56.1 Å². The first kappa shape index (κ1) is 28.7. The van der Waals surface area contributed by atoms with Crippen molar-refractivity contribution in [3.63, 3.8) is 0 Å². The van der Waals surface area contributed by atoms with Gasteiger partial charge < -0.3 is 14.9 Å². The number of carbonyl (C=O) groups excluding carboxylic acids is 1. The average molecular weight is 592 g/mol. The van der Waals surface area contributed by atoms with Gasteiger partial charge in [-0.2, -0.15) is 9.61 Å². The van der Waals surface area contributed by atoms with Crippen molar-refractivity contribution in [3.8, 4) is 11.3 Å². The number of hydrogen-bond acceptors (Lipinski definition) is 5. The van der Waals surface area contributed by atoms with Crippen molar-refractivity contribution >= 4 is 23.3 Å². The lowest BCUT2D eigenvalue weighted by Crippen LogP contribution is -2.33. The van der Waals surface area contributed by atoms with E-state index in [0.29, 0.717) is 31.1 Å². The molecule has 8 nitrogen and oxygen atoms in total. The van der Waals surface area contributed by atoms with Gasteiger partial charge in [0.15, 0.2) is 28.8 Å². The van der Waals surface area contributed by atoms with Crippen LogP contribution in [0.15, 0.2) is 54.6 Å². The minimum Gasteiger partial charge on any atom is -0.481 e. The van der Waals surface area contributed by atoms with Gasteiger partial charge >= 0.3 is 5.97 Å². The Hall–Kier alpha value is -4.41. The largest absolute Gasteiger partial charge is 0.481 e. The maximum absolute atomic E-state index is 14.3. The van der Waals surface area contributed by atoms with Crippen LogP contribution in [0.5, 0.6) is 0 Å². The molecule has 2 aliphatic rings. The highest BCUT2D eigenvalue weighted by Gasteiger charge is 2.57. The van der Waals surface area contributed by atoms with Crippen molar-refractivity contribution in [2.24, 2.45) is 23.7 Å². The molecule has 0 bridgehead atoms. The van der Waals surface area contributed by atoms with Gasteiger partial charge in [0.05, 0.1) is 11.7 Å². The number of halogens is 3. The predicted molar refractivity (Wildman–Crippen MR) is 154 cm³/mol. The van der Waals surface area contributed by atoms with Gasteiger partial charge in [0.1, 0.15) is 5.82 Å². The van der Waals surface area contributed by atoms with Crippen LogP contribution in [0.1, 0.15) is 49.3 Å². The minimum absolute atomic E-state index is 0.0511. The van der Waals surface area contributed by atoms with Crippen molar-refractivity contribution in [3.05, 3.63) is 83.3 Å². The number of aliphatic carboxylic acids is 1. The Labute approximate surface area is 246 Å². The number of carbonyl (C=O) groups is 2. The summed E-state index contributed by atoms with van der Waals surface area (Å²) in [5, 5.41) is 13.8. The molecule has 2 aromatic heterocycles. The molecule has 0 radical (unpaired) electrons. The van der Waals surface area contributed by atoms with Gasteiger partial charge in [-0.25, -0.2) is 18.2 Å². The highest BCUT2D eigenvalue weighted by Crippen LogP contribution is 2.53. The number of carboxylic acid groups (broad SMARTS) is 1. The minimum atomic E-state index is -1.56. The van der Waals surface area contributed by atoms with E-state index in [1.807, 2.05) is 37.3 Å². The smallest absolute Gasteiger partial charge is 0.303 e. The molecule has 6 rings (SSSR count). The quantitative estimate of drug-likeness (QED) is 0.247. The highest BCUT2D eigenvalue weighted by molar-refractivity contribution is 5.94. The Balaban J connectivity index is 1.43. The molecule has 1 N–H and O–H groups in total. The molecular weight excluding hydrogens is 559 g/mol. The number of benzene rings is 2. The summed E-state index contributed by atoms with van der Waals surface area (Å²) in [5.74, 6) is -4.11. The van der Waals surface area contributed by atoms with Gasteiger partial charge in [0, 0.05) is 43.8 Å². The molecule has 3 heterocycles. The van der Waals surface area contributed by atoms with Crippen LogP contribution < -0.4 is 4.90 Å². The van der Waals surface area contributed by atoms with Crippen molar-refractivity contribution in [1.82, 2.24) is 19.5 Å². The lowest BCUT2D eigenvalue weighted by molar-refractivity contribution is -0.137. The second-order valence-corrected chi connectivity index (χ2v) is 12.0. The van der Waals surface area contributed by atoms with Crippen LogP contribution in [0.2, 0.25) is 0 Å². The number of aromatic nitrogens is 3. The number of anilines is 1. The van der Waals surface area contributed by atoms with E-state index in [9.17, 15) is 22.8 Å². The Morgan fingerprint density at radius 3 is 2.26 bits per heavy atom. The van der Waals surface area contributed by atoms with Gasteiger partial charge in [-0.3, -0.25) is 9.59 Å². The molecule has 43 heavy (non-hydrogen) atoms. The maximum Gasteiger partial charge on any atom is 0.303 e. The van der Waals surface area contributed by atoms with Gasteiger partial charge in [-0.1, -0.05) is 44.2 Å². The first-order valence-corrected chi connectivity index (χ1v) is 14.4. The first-order valence-electron chi connectivity index (χ1n) is 14.4. The summed E-state index contributed by atoms with van der Waals surface area (Å²) in [5.41, 5.74) is 1.74. The SMILES string of the molecule is CC(C)CN(c1cc(-c2cc(F)c(F)c(F)c2)nc2cc(C(=O)N3CC4[C@H](CC(=O)O)[C@H]4C3)nn12)[C@@H](C)c1ccccc1. The Morgan fingerprint density at radius 2 is 1.65 bits per heavy atom. The second kappa shape index (κ2) is 11.0. The second-order valence-electron chi connectivity index (χ2n) is 12.0. The molecule has 1 saturated carbocycles. The fourth-order valence-corrected chi connectivity index (χ4v) is 6.36. The van der Waals surface area contributed by atoms with Gasteiger partial charge in [-0.05, 0) is 48.3 Å². The molecule has 224 valence electrons. The van der Waals surface area contributed by atoms with E-state index in [1.165, 1.54) is 0 Å². The van der Waals surface area contributed by atoms with E-state index < -0.39 is 23.4 Å². The van der Waals surface area contributed by atoms with Crippen LogP contribution in [0, 0.1) is 41.1 Å². The normalized spacial score (nSPS) is 20.0. The topological polar surface area (TPSA) is 91.0 Å². The number of rotatable bonds is 9. The monoisotopic (exact) mass is 591 g/mol. The van der Waals surface area contributed by atoms with Crippen LogP contribution in [0.3, 0.4) is 0 Å². The molecule has 1 saturated heterocycles. The molecule has 2 aromatic carbocycles. The zero-order chi connectivity index (χ0) is 30.6. The van der Waals surface area contributed by atoms with Gasteiger partial charge in [0.25, 0.3) is 5.91 Å². The predicted octanol–water partition coefficient (Wildman–Crippen LogP) is 5.83. The fourth-order valence-electron chi connectivity index (χ4n) is 6.36. The Morgan fingerprint density at radius 1 is 1.00 bits per heavy atom. The summed E-state index contributed by atoms with van der Waals surface area (Å²) >= 11 is 0. The summed E-state index contributed by atoms with van der Waals surface area (Å²) in [4.78, 5) is 33.1. The number of hydrogen-bond donors (Lipinski definition) is 1. The van der Waals surface area contributed by atoms with Crippen molar-refractivity contribution in [2.45, 2.75) is 33.2 Å². The standard InChI is InChI=1S/C32H32F3N5O3/c1-17(2)14-39(18(3)19-7-5-4-6-8-19)29-13-26(20-9-24(33)31(35)25(34)10-20)36-28-12-27(37-40(28)29)32(43)38-15-22-21(11-30(41)42)23(22)16-38/h4-10,12-13,17-18,21-23H,11,14-16H2,1-3H3,(H,41,42)/t18-,21-,22?,23+/m0/s1. The van der Waals surface area contributed by atoms with Crippen LogP contribution >= 0.6 is 0 Å². The molecular formula is C32H32F3N5O3. The summed E-state index contributed by atoms with van der Waals surface area (Å²) in [6.45, 7) is 7.72. The first-order chi connectivity index (χ1) is 20.5. The number of piperidine rings is 1. The summed E-state index contributed by atoms with van der Waals surface area (Å²) in [6, 6.07) is 14.7. The third-order valence-electron chi connectivity index (χ3n) is 8.58. The van der Waals surface area contributed by atoms with E-state index >= 15 is 0 Å². The van der Waals surface area contributed by atoms with Crippen molar-refractivity contribution in [2.75, 3.05) is 24.5 Å². The molecule has 1 unspecified atom stereocenters. The summed E-state index contributed by atoms with van der Waals surface area (Å²) in [6.07, 6.45) is 0.109. The average Bonchev–Trinajstić information content (AvgIpc) is 3.32. The van der Waals surface area contributed by atoms with E-state index in [1.54, 1.807) is 21.5 Å². The summed E-state index contributed by atoms with van der Waals surface area (Å²) < 4.78 is 43.9. The lowest BCUT2D eigenvalue weighted by atomic mass is 10.0. The zero-order valence-electron chi connectivity index (χ0n) is 24.0. The molecule has 11 heteroatoms. The number of carboxylic acids is 1. The summed E-state index contributed by atoms with van der Waals surface area (Å²) in [7, 11) is 0. The molecule has 1 aliphatic heterocycles. The van der Waals surface area contributed by atoms with Crippen molar-refractivity contribution < 1.29 is 27.9 Å². The lowest BCUT2D eigenvalue weighted by Gasteiger charge is -2.33. The van der Waals surface area contributed by atoms with E-state index in [4.69, 9.17) is 5.11 Å². The zero-order valence-corrected chi connectivity index (χ0v) is 24.0. The van der Waals surface area contributed by atoms with Crippen LogP contribution in [0.4, 0.5) is 19.0 Å². The number of likely N-dealkylation sites (tertiary alicyclic amines) is 1. The van der Waals surface area contributed by atoms with Crippen LogP contribution in [0.25, 0.3) is 16.9 Å². The molecule has 1 amide bonds. The number of amides is 1. The third-order valence-corrected chi connectivity index (χ3v) is 8.58. The number of nitrogens with zero attached hydrogens (tertiary/aromatic N) is 5. The molecule has 1 aliphatic carbocycles. The molecule has 0 spiro atoms. The Kier molecular flexibility index (Phi) is 7.35. The number of fused-ring (bicyclic) bond motifs is 2. The van der Waals surface area contributed by atoms with Gasteiger partial charge in [-0.15, -0.1) is 0 Å². The molecule has 4 aromatic rings. The third kappa shape index (κ3) is 5.44. The maximum atomic E-state index is 14.3. The van der Waals surface area contributed by atoms with Gasteiger partial charge in [0.2, 0.25) is 0 Å². The van der Waals surface area contributed by atoms with Crippen molar-refractivity contribution in [1.29, 1.82) is 0 Å². The van der Waals surface area contributed by atoms with E-state index in [2.05, 4.69) is 28.8 Å². The molecule has 4 atom stereocenters. The van der Waals surface area contributed by atoms with E-state index in [-0.39, 0.29) is 59.0 Å². The fraction of sp³-hybridized carbons (Fsp3) is 0.375. The van der Waals surface area contributed by atoms with Crippen LogP contribution in [-0.2, 0) is 4.79 Å². The molecule has 2 fully saturated rings. The highest BCUT2D eigenvalue weighted by atomic mass is 19.2. The Bertz CT molecular complexity index is 1670.